The van der Waals surface area contributed by atoms with Crippen LogP contribution in [-0.4, -0.2) is 40.6 Å². The lowest BCUT2D eigenvalue weighted by molar-refractivity contribution is -0.127. The second kappa shape index (κ2) is 11.0. The van der Waals surface area contributed by atoms with Crippen LogP contribution in [0.5, 0.6) is 5.75 Å². The van der Waals surface area contributed by atoms with Gasteiger partial charge < -0.3 is 14.6 Å². The Morgan fingerprint density at radius 3 is 2.39 bits per heavy atom. The fourth-order valence-corrected chi connectivity index (χ4v) is 5.05. The molecule has 0 spiro atoms. The third kappa shape index (κ3) is 5.44. The van der Waals surface area contributed by atoms with Crippen LogP contribution in [0.4, 0.5) is 0 Å². The van der Waals surface area contributed by atoms with Crippen LogP contribution in [0.2, 0.25) is 0 Å². The SMILES string of the molecule is COc1ccc(Cn2c(CN3CCC(C(=O)N[C@H](C)c4ccccc4)CC3)nc3ccccc32)cc1. The van der Waals surface area contributed by atoms with Gasteiger partial charge in [0.1, 0.15) is 11.6 Å². The molecule has 1 N–H and O–H groups in total. The van der Waals surface area contributed by atoms with Gasteiger partial charge in [0.15, 0.2) is 0 Å². The number of carbonyl (C=O) groups is 1. The third-order valence-corrected chi connectivity index (χ3v) is 7.22. The lowest BCUT2D eigenvalue weighted by Crippen LogP contribution is -2.41. The Morgan fingerprint density at radius 2 is 1.67 bits per heavy atom. The van der Waals surface area contributed by atoms with E-state index in [0.29, 0.717) is 0 Å². The van der Waals surface area contributed by atoms with Crippen LogP contribution >= 0.6 is 0 Å². The summed E-state index contributed by atoms with van der Waals surface area (Å²) < 4.78 is 7.63. The van der Waals surface area contributed by atoms with Gasteiger partial charge in [0.05, 0.1) is 30.7 Å². The van der Waals surface area contributed by atoms with Crippen LogP contribution in [-0.2, 0) is 17.9 Å². The molecule has 2 heterocycles. The summed E-state index contributed by atoms with van der Waals surface area (Å²) in [4.78, 5) is 20.3. The Bertz CT molecular complexity index is 1290. The van der Waals surface area contributed by atoms with E-state index in [1.54, 1.807) is 7.11 Å². The highest BCUT2D eigenvalue weighted by atomic mass is 16.5. The van der Waals surface area contributed by atoms with Gasteiger partial charge in [0, 0.05) is 12.5 Å². The molecule has 0 radical (unpaired) electrons. The van der Waals surface area contributed by atoms with Gasteiger partial charge in [-0.2, -0.15) is 0 Å². The number of nitrogens with one attached hydrogen (secondary N) is 1. The molecular formula is C30H34N4O2. The highest BCUT2D eigenvalue weighted by molar-refractivity contribution is 5.79. The standard InChI is InChI=1S/C30H34N4O2/c1-22(24-8-4-3-5-9-24)31-30(35)25-16-18-33(19-17-25)21-29-32-27-10-6-7-11-28(27)34(29)20-23-12-14-26(36-2)15-13-23/h3-15,22,25H,16-21H2,1-2H3,(H,31,35)/t22-/m1/s1. The van der Waals surface area contributed by atoms with Crippen molar-refractivity contribution >= 4 is 16.9 Å². The maximum absolute atomic E-state index is 12.9. The highest BCUT2D eigenvalue weighted by Crippen LogP contribution is 2.24. The van der Waals surface area contributed by atoms with Gasteiger partial charge in [-0.1, -0.05) is 54.6 Å². The molecule has 6 heteroatoms. The molecule has 0 unspecified atom stereocenters. The number of fused-ring (bicyclic) bond motifs is 1. The van der Waals surface area contributed by atoms with Crippen molar-refractivity contribution in [1.82, 2.24) is 19.8 Å². The van der Waals surface area contributed by atoms with Crippen molar-refractivity contribution in [3.8, 4) is 5.75 Å². The summed E-state index contributed by atoms with van der Waals surface area (Å²) in [7, 11) is 1.69. The Hall–Kier alpha value is -3.64. The molecule has 1 saturated heterocycles. The number of ether oxygens (including phenoxy) is 1. The molecule has 5 rings (SSSR count). The number of amides is 1. The van der Waals surface area contributed by atoms with E-state index < -0.39 is 0 Å². The van der Waals surface area contributed by atoms with Crippen molar-refractivity contribution in [1.29, 1.82) is 0 Å². The van der Waals surface area contributed by atoms with E-state index in [2.05, 4.69) is 64.2 Å². The number of para-hydroxylation sites is 2. The van der Waals surface area contributed by atoms with Gasteiger partial charge in [-0.3, -0.25) is 9.69 Å². The van der Waals surface area contributed by atoms with Crippen LogP contribution in [0.15, 0.2) is 78.9 Å². The number of piperidine rings is 1. The number of rotatable bonds is 8. The fourth-order valence-electron chi connectivity index (χ4n) is 5.05. The summed E-state index contributed by atoms with van der Waals surface area (Å²) in [5.74, 6) is 2.15. The predicted octanol–water partition coefficient (Wildman–Crippen LogP) is 5.18. The summed E-state index contributed by atoms with van der Waals surface area (Å²) in [6.07, 6.45) is 1.73. The van der Waals surface area contributed by atoms with Crippen LogP contribution in [0.1, 0.15) is 42.8 Å². The second-order valence-corrected chi connectivity index (χ2v) is 9.64. The number of benzene rings is 3. The molecule has 1 aliphatic heterocycles. The first-order valence-corrected chi connectivity index (χ1v) is 12.8. The summed E-state index contributed by atoms with van der Waals surface area (Å²) >= 11 is 0. The van der Waals surface area contributed by atoms with Crippen LogP contribution in [0, 0.1) is 5.92 Å². The minimum atomic E-state index is 0.0228. The Morgan fingerprint density at radius 1 is 0.972 bits per heavy atom. The third-order valence-electron chi connectivity index (χ3n) is 7.22. The zero-order chi connectivity index (χ0) is 24.9. The minimum Gasteiger partial charge on any atom is -0.497 e. The van der Waals surface area contributed by atoms with Crippen molar-refractivity contribution in [2.24, 2.45) is 5.92 Å². The number of aromatic nitrogens is 2. The molecular weight excluding hydrogens is 448 g/mol. The van der Waals surface area contributed by atoms with Crippen LogP contribution in [0.25, 0.3) is 11.0 Å². The number of nitrogens with zero attached hydrogens (tertiary/aromatic N) is 3. The van der Waals surface area contributed by atoms with E-state index in [1.165, 1.54) is 5.56 Å². The molecule has 0 saturated carbocycles. The summed E-state index contributed by atoms with van der Waals surface area (Å²) in [6, 6.07) is 26.7. The molecule has 1 aliphatic rings. The zero-order valence-corrected chi connectivity index (χ0v) is 21.1. The summed E-state index contributed by atoms with van der Waals surface area (Å²) in [5, 5.41) is 3.21. The highest BCUT2D eigenvalue weighted by Gasteiger charge is 2.27. The van der Waals surface area contributed by atoms with Crippen molar-refractivity contribution in [2.75, 3.05) is 20.2 Å². The fraction of sp³-hybridized carbons (Fsp3) is 0.333. The normalized spacial score (nSPS) is 15.6. The number of hydrogen-bond donors (Lipinski definition) is 1. The molecule has 3 aromatic carbocycles. The maximum atomic E-state index is 12.9. The number of carbonyl (C=O) groups excluding carboxylic acids is 1. The van der Waals surface area contributed by atoms with E-state index in [4.69, 9.17) is 9.72 Å². The van der Waals surface area contributed by atoms with Gasteiger partial charge >= 0.3 is 0 Å². The molecule has 36 heavy (non-hydrogen) atoms. The van der Waals surface area contributed by atoms with Crippen molar-refractivity contribution in [2.45, 2.75) is 38.9 Å². The van der Waals surface area contributed by atoms with E-state index in [1.807, 2.05) is 36.4 Å². The average molecular weight is 483 g/mol. The van der Waals surface area contributed by atoms with E-state index >= 15 is 0 Å². The molecule has 0 aliphatic carbocycles. The first kappa shape index (κ1) is 24.1. The number of likely N-dealkylation sites (tertiary alicyclic amines) is 1. The molecule has 6 nitrogen and oxygen atoms in total. The Labute approximate surface area is 212 Å². The molecule has 1 aromatic heterocycles. The van der Waals surface area contributed by atoms with Gasteiger partial charge in [-0.15, -0.1) is 0 Å². The molecule has 186 valence electrons. The monoisotopic (exact) mass is 482 g/mol. The number of imidazole rings is 1. The van der Waals surface area contributed by atoms with E-state index in [0.717, 1.165) is 67.2 Å². The van der Waals surface area contributed by atoms with Gasteiger partial charge in [-0.05, 0) is 68.2 Å². The summed E-state index contributed by atoms with van der Waals surface area (Å²) in [6.45, 7) is 5.37. The number of hydrogen-bond acceptors (Lipinski definition) is 4. The van der Waals surface area contributed by atoms with Crippen molar-refractivity contribution < 1.29 is 9.53 Å². The zero-order valence-electron chi connectivity index (χ0n) is 21.1. The first-order chi connectivity index (χ1) is 17.6. The van der Waals surface area contributed by atoms with Crippen molar-refractivity contribution in [3.05, 3.63) is 95.8 Å². The van der Waals surface area contributed by atoms with Gasteiger partial charge in [-0.25, -0.2) is 4.98 Å². The largest absolute Gasteiger partial charge is 0.497 e. The Kier molecular flexibility index (Phi) is 7.33. The quantitative estimate of drug-likeness (QED) is 0.376. The second-order valence-electron chi connectivity index (χ2n) is 9.64. The minimum absolute atomic E-state index is 0.0228. The van der Waals surface area contributed by atoms with Crippen LogP contribution in [0.3, 0.4) is 0 Å². The van der Waals surface area contributed by atoms with Crippen molar-refractivity contribution in [3.63, 3.8) is 0 Å². The lowest BCUT2D eigenvalue weighted by atomic mass is 9.95. The Balaban J connectivity index is 1.23. The molecule has 0 bridgehead atoms. The van der Waals surface area contributed by atoms with Gasteiger partial charge in [0.25, 0.3) is 0 Å². The number of methoxy groups -OCH3 is 1. The van der Waals surface area contributed by atoms with Gasteiger partial charge in [0.2, 0.25) is 5.91 Å². The topological polar surface area (TPSA) is 59.4 Å². The predicted molar refractivity (Wildman–Crippen MR) is 143 cm³/mol. The van der Waals surface area contributed by atoms with E-state index in [9.17, 15) is 4.79 Å². The van der Waals surface area contributed by atoms with Crippen LogP contribution < -0.4 is 10.1 Å². The maximum Gasteiger partial charge on any atom is 0.223 e. The summed E-state index contributed by atoms with van der Waals surface area (Å²) in [5.41, 5.74) is 4.51. The molecule has 1 fully saturated rings. The molecule has 1 atom stereocenters. The first-order valence-electron chi connectivity index (χ1n) is 12.8. The molecule has 1 amide bonds. The lowest BCUT2D eigenvalue weighted by Gasteiger charge is -2.31. The average Bonchev–Trinajstić information content (AvgIpc) is 3.26. The van der Waals surface area contributed by atoms with E-state index in [-0.39, 0.29) is 17.9 Å². The smallest absolute Gasteiger partial charge is 0.223 e. The molecule has 4 aromatic rings.